The van der Waals surface area contributed by atoms with Crippen molar-refractivity contribution in [2.24, 2.45) is 5.92 Å². The van der Waals surface area contributed by atoms with E-state index in [-0.39, 0.29) is 11.3 Å². The van der Waals surface area contributed by atoms with Gasteiger partial charge in [0.1, 0.15) is 6.33 Å². The van der Waals surface area contributed by atoms with E-state index < -0.39 is 0 Å². The summed E-state index contributed by atoms with van der Waals surface area (Å²) in [6.45, 7) is 8.70. The topological polar surface area (TPSA) is 76.8 Å². The van der Waals surface area contributed by atoms with E-state index in [1.807, 2.05) is 15.8 Å². The monoisotopic (exact) mass is 328 g/mol. The van der Waals surface area contributed by atoms with Gasteiger partial charge in [0.25, 0.3) is 5.91 Å². The Hall–Kier alpha value is -2.31. The van der Waals surface area contributed by atoms with E-state index in [1.54, 1.807) is 12.4 Å². The molecule has 1 aliphatic heterocycles. The maximum atomic E-state index is 12.5. The van der Waals surface area contributed by atoms with Crippen LogP contribution in [0.3, 0.4) is 0 Å². The van der Waals surface area contributed by atoms with Crippen molar-refractivity contribution in [1.29, 1.82) is 0 Å². The highest BCUT2D eigenvalue weighted by atomic mass is 16.2. The molecule has 1 saturated heterocycles. The summed E-state index contributed by atoms with van der Waals surface area (Å²) in [5.74, 6) is 0.399. The van der Waals surface area contributed by atoms with E-state index in [0.29, 0.717) is 11.5 Å². The van der Waals surface area contributed by atoms with Gasteiger partial charge >= 0.3 is 0 Å². The van der Waals surface area contributed by atoms with Gasteiger partial charge in [0.15, 0.2) is 0 Å². The molecular weight excluding hydrogens is 304 g/mol. The Bertz CT molecular complexity index is 691. The van der Waals surface area contributed by atoms with E-state index >= 15 is 0 Å². The normalized spacial score (nSPS) is 18.6. The molecule has 1 atom stereocenters. The lowest BCUT2D eigenvalue weighted by Gasteiger charge is -2.32. The lowest BCUT2D eigenvalue weighted by molar-refractivity contribution is 0.0658. The van der Waals surface area contributed by atoms with E-state index in [9.17, 15) is 4.79 Å². The van der Waals surface area contributed by atoms with Gasteiger partial charge in [-0.15, -0.1) is 5.10 Å². The third-order valence-electron chi connectivity index (χ3n) is 4.37. The Morgan fingerprint density at radius 1 is 1.29 bits per heavy atom. The van der Waals surface area contributed by atoms with E-state index in [1.165, 1.54) is 6.33 Å². The van der Waals surface area contributed by atoms with Crippen LogP contribution in [-0.2, 0) is 12.0 Å². The minimum Gasteiger partial charge on any atom is -0.338 e. The fourth-order valence-electron chi connectivity index (χ4n) is 2.99. The van der Waals surface area contributed by atoms with E-state index in [2.05, 4.69) is 41.1 Å². The number of likely N-dealkylation sites (tertiary alicyclic amines) is 1. The van der Waals surface area contributed by atoms with E-state index in [0.717, 1.165) is 38.2 Å². The van der Waals surface area contributed by atoms with E-state index in [4.69, 9.17) is 0 Å². The van der Waals surface area contributed by atoms with Crippen LogP contribution in [0.15, 0.2) is 24.9 Å². The van der Waals surface area contributed by atoms with Crippen LogP contribution >= 0.6 is 0 Å². The fourth-order valence-corrected chi connectivity index (χ4v) is 2.99. The summed E-state index contributed by atoms with van der Waals surface area (Å²) >= 11 is 0. The van der Waals surface area contributed by atoms with Crippen molar-refractivity contribution in [3.05, 3.63) is 36.2 Å². The standard InChI is InChI=1S/C17H24N6O/c1-17(2,3)15-11-23(21-20-15)10-13-5-4-6-22(9-13)16(24)14-7-18-12-19-8-14/h7-8,11-13H,4-6,9-10H2,1-3H3. The molecule has 1 aliphatic rings. The van der Waals surface area contributed by atoms with Crippen LogP contribution in [0.4, 0.5) is 0 Å². The molecule has 3 rings (SSSR count). The van der Waals surface area contributed by atoms with Gasteiger partial charge < -0.3 is 4.90 Å². The minimum atomic E-state index is 0.000124. The Balaban J connectivity index is 1.63. The third kappa shape index (κ3) is 3.77. The molecule has 2 aromatic rings. The molecule has 0 spiro atoms. The van der Waals surface area contributed by atoms with Crippen LogP contribution in [0.2, 0.25) is 0 Å². The van der Waals surface area contributed by atoms with Crippen molar-refractivity contribution in [1.82, 2.24) is 29.9 Å². The Morgan fingerprint density at radius 2 is 2.04 bits per heavy atom. The number of carbonyl (C=O) groups is 1. The molecule has 0 aromatic carbocycles. The predicted octanol–water partition coefficient (Wildman–Crippen LogP) is 1.92. The molecule has 128 valence electrons. The predicted molar refractivity (Wildman–Crippen MR) is 89.4 cm³/mol. The maximum absolute atomic E-state index is 12.5. The zero-order valence-corrected chi connectivity index (χ0v) is 14.5. The number of hydrogen-bond donors (Lipinski definition) is 0. The first-order valence-corrected chi connectivity index (χ1v) is 8.38. The smallest absolute Gasteiger partial charge is 0.257 e. The number of aromatic nitrogens is 5. The Morgan fingerprint density at radius 3 is 2.71 bits per heavy atom. The maximum Gasteiger partial charge on any atom is 0.257 e. The van der Waals surface area contributed by atoms with Crippen molar-refractivity contribution in [3.63, 3.8) is 0 Å². The number of carbonyl (C=O) groups excluding carboxylic acids is 1. The molecular formula is C17H24N6O. The van der Waals surface area contributed by atoms with Crippen LogP contribution in [-0.4, -0.2) is 48.9 Å². The van der Waals surface area contributed by atoms with Gasteiger partial charge in [-0.1, -0.05) is 26.0 Å². The molecule has 1 fully saturated rings. The van der Waals surface area contributed by atoms with Gasteiger partial charge in [0.2, 0.25) is 0 Å². The molecule has 0 bridgehead atoms. The summed E-state index contributed by atoms with van der Waals surface area (Å²) in [6.07, 6.45) is 8.71. The van der Waals surface area contributed by atoms with Gasteiger partial charge in [-0.3, -0.25) is 9.48 Å². The SMILES string of the molecule is CC(C)(C)c1cn(CC2CCCN(C(=O)c3cncnc3)C2)nn1. The molecule has 7 heteroatoms. The van der Waals surface area contributed by atoms with Gasteiger partial charge in [0, 0.05) is 43.6 Å². The largest absolute Gasteiger partial charge is 0.338 e. The highest BCUT2D eigenvalue weighted by Gasteiger charge is 2.26. The lowest BCUT2D eigenvalue weighted by Crippen LogP contribution is -2.41. The second-order valence-corrected chi connectivity index (χ2v) is 7.46. The van der Waals surface area contributed by atoms with Crippen molar-refractivity contribution in [3.8, 4) is 0 Å². The number of hydrogen-bond acceptors (Lipinski definition) is 5. The molecule has 0 radical (unpaired) electrons. The summed E-state index contributed by atoms with van der Waals surface area (Å²) in [5.41, 5.74) is 1.54. The summed E-state index contributed by atoms with van der Waals surface area (Å²) in [5, 5.41) is 8.52. The summed E-state index contributed by atoms with van der Waals surface area (Å²) in [4.78, 5) is 22.3. The number of amides is 1. The first-order chi connectivity index (χ1) is 11.4. The molecule has 24 heavy (non-hydrogen) atoms. The zero-order valence-electron chi connectivity index (χ0n) is 14.5. The molecule has 7 nitrogen and oxygen atoms in total. The third-order valence-corrected chi connectivity index (χ3v) is 4.37. The fraction of sp³-hybridized carbons (Fsp3) is 0.588. The molecule has 1 unspecified atom stereocenters. The van der Waals surface area contributed by atoms with Crippen molar-refractivity contribution < 1.29 is 4.79 Å². The lowest BCUT2D eigenvalue weighted by atomic mass is 9.93. The van der Waals surface area contributed by atoms with Crippen LogP contribution in [0.1, 0.15) is 49.7 Å². The molecule has 0 aliphatic carbocycles. The summed E-state index contributed by atoms with van der Waals surface area (Å²) in [6, 6.07) is 0. The highest BCUT2D eigenvalue weighted by Crippen LogP contribution is 2.22. The number of rotatable bonds is 3. The first kappa shape index (κ1) is 16.5. The van der Waals surface area contributed by atoms with Crippen molar-refractivity contribution >= 4 is 5.91 Å². The van der Waals surface area contributed by atoms with Crippen LogP contribution in [0.25, 0.3) is 0 Å². The van der Waals surface area contributed by atoms with Crippen LogP contribution in [0, 0.1) is 5.92 Å². The Labute approximate surface area is 142 Å². The Kier molecular flexibility index (Phi) is 4.59. The average molecular weight is 328 g/mol. The number of nitrogens with zero attached hydrogens (tertiary/aromatic N) is 6. The average Bonchev–Trinajstić information content (AvgIpc) is 3.04. The van der Waals surface area contributed by atoms with Crippen molar-refractivity contribution in [2.75, 3.05) is 13.1 Å². The molecule has 3 heterocycles. The molecule has 0 saturated carbocycles. The van der Waals surface area contributed by atoms with Gasteiger partial charge in [-0.25, -0.2) is 9.97 Å². The quantitative estimate of drug-likeness (QED) is 0.860. The molecule has 1 amide bonds. The minimum absolute atomic E-state index is 0.000124. The van der Waals surface area contributed by atoms with Crippen LogP contribution in [0.5, 0.6) is 0 Å². The van der Waals surface area contributed by atoms with Crippen molar-refractivity contribution in [2.45, 2.75) is 45.6 Å². The number of piperidine rings is 1. The highest BCUT2D eigenvalue weighted by molar-refractivity contribution is 5.93. The summed E-state index contributed by atoms with van der Waals surface area (Å²) < 4.78 is 1.91. The second-order valence-electron chi connectivity index (χ2n) is 7.46. The van der Waals surface area contributed by atoms with Gasteiger partial charge in [0.05, 0.1) is 11.3 Å². The molecule has 2 aromatic heterocycles. The molecule has 0 N–H and O–H groups in total. The summed E-state index contributed by atoms with van der Waals surface area (Å²) in [7, 11) is 0. The van der Waals surface area contributed by atoms with Gasteiger partial charge in [-0.2, -0.15) is 0 Å². The second kappa shape index (κ2) is 6.67. The van der Waals surface area contributed by atoms with Gasteiger partial charge in [-0.05, 0) is 18.8 Å². The van der Waals surface area contributed by atoms with Crippen LogP contribution < -0.4 is 0 Å². The first-order valence-electron chi connectivity index (χ1n) is 8.38. The zero-order chi connectivity index (χ0) is 17.2.